The van der Waals surface area contributed by atoms with Crippen LogP contribution in [-0.2, 0) is 4.74 Å². The van der Waals surface area contributed by atoms with Crippen molar-refractivity contribution in [2.75, 3.05) is 24.7 Å². The molecule has 1 saturated heterocycles. The zero-order valence-electron chi connectivity index (χ0n) is 10.6. The first-order valence-corrected chi connectivity index (χ1v) is 8.35. The third-order valence-corrected chi connectivity index (χ3v) is 4.91. The normalized spacial score (nSPS) is 19.1. The minimum atomic E-state index is 0.0425. The summed E-state index contributed by atoms with van der Waals surface area (Å²) < 4.78 is 5.62. The number of carbonyl (C=O) groups is 1. The Morgan fingerprint density at radius 1 is 1.61 bits per heavy atom. The summed E-state index contributed by atoms with van der Waals surface area (Å²) in [5, 5.41) is 2.95. The number of amides is 1. The summed E-state index contributed by atoms with van der Waals surface area (Å²) in [7, 11) is 0. The number of rotatable bonds is 6. The van der Waals surface area contributed by atoms with Crippen molar-refractivity contribution < 1.29 is 9.53 Å². The van der Waals surface area contributed by atoms with Crippen molar-refractivity contribution in [1.82, 2.24) is 5.32 Å². The van der Waals surface area contributed by atoms with Crippen molar-refractivity contribution in [3.8, 4) is 0 Å². The Labute approximate surface area is 116 Å². The van der Waals surface area contributed by atoms with E-state index in [1.807, 2.05) is 23.9 Å². The summed E-state index contributed by atoms with van der Waals surface area (Å²) in [6.45, 7) is 3.71. The molecule has 5 heteroatoms. The molecule has 1 aromatic heterocycles. The van der Waals surface area contributed by atoms with Gasteiger partial charge in [-0.1, -0.05) is 6.92 Å². The quantitative estimate of drug-likeness (QED) is 0.816. The standard InChI is InChI=1S/C13H19NO2S2/c1-2-17-9-7-14-13(15)12-6-5-11(18-12)10-4-3-8-16-10/h5-6,10H,2-4,7-9H2,1H3,(H,14,15)/t10-/m0/s1. The Hall–Kier alpha value is -0.520. The van der Waals surface area contributed by atoms with Gasteiger partial charge in [-0.2, -0.15) is 11.8 Å². The predicted octanol–water partition coefficient (Wildman–Crippen LogP) is 3.08. The van der Waals surface area contributed by atoms with Crippen LogP contribution < -0.4 is 5.32 Å². The Balaban J connectivity index is 1.83. The van der Waals surface area contributed by atoms with Crippen LogP contribution in [0, 0.1) is 0 Å². The second-order valence-electron chi connectivity index (χ2n) is 4.16. The Bertz CT molecular complexity index is 386. The number of nitrogens with one attached hydrogen (secondary N) is 1. The number of carbonyl (C=O) groups excluding carboxylic acids is 1. The number of hydrogen-bond acceptors (Lipinski definition) is 4. The largest absolute Gasteiger partial charge is 0.373 e. The molecule has 1 aromatic rings. The Kier molecular flexibility index (Phi) is 5.53. The fraction of sp³-hybridized carbons (Fsp3) is 0.615. The maximum atomic E-state index is 11.9. The summed E-state index contributed by atoms with van der Waals surface area (Å²) in [6.07, 6.45) is 2.42. The van der Waals surface area contributed by atoms with Gasteiger partial charge in [-0.05, 0) is 30.7 Å². The molecule has 0 bridgehead atoms. The van der Waals surface area contributed by atoms with Crippen LogP contribution >= 0.6 is 23.1 Å². The average molecular weight is 285 g/mol. The van der Waals surface area contributed by atoms with Crippen LogP contribution in [0.3, 0.4) is 0 Å². The zero-order valence-corrected chi connectivity index (χ0v) is 12.2. The van der Waals surface area contributed by atoms with Crippen LogP contribution in [-0.4, -0.2) is 30.6 Å². The Morgan fingerprint density at radius 3 is 3.22 bits per heavy atom. The van der Waals surface area contributed by atoms with Gasteiger partial charge in [-0.25, -0.2) is 0 Å². The van der Waals surface area contributed by atoms with E-state index in [0.717, 1.165) is 42.4 Å². The number of thiophene rings is 1. The van der Waals surface area contributed by atoms with Crippen molar-refractivity contribution in [2.45, 2.75) is 25.9 Å². The summed E-state index contributed by atoms with van der Waals surface area (Å²) >= 11 is 3.40. The van der Waals surface area contributed by atoms with Gasteiger partial charge in [0.05, 0.1) is 11.0 Å². The van der Waals surface area contributed by atoms with E-state index < -0.39 is 0 Å². The topological polar surface area (TPSA) is 38.3 Å². The van der Waals surface area contributed by atoms with Crippen molar-refractivity contribution >= 4 is 29.0 Å². The van der Waals surface area contributed by atoms with E-state index in [1.54, 1.807) is 11.3 Å². The maximum absolute atomic E-state index is 11.9. The SMILES string of the molecule is CCSCCNC(=O)c1ccc([C@@H]2CCCO2)s1. The highest BCUT2D eigenvalue weighted by Crippen LogP contribution is 2.33. The van der Waals surface area contributed by atoms with Crippen molar-refractivity contribution in [2.24, 2.45) is 0 Å². The molecule has 1 N–H and O–H groups in total. The molecular formula is C13H19NO2S2. The lowest BCUT2D eigenvalue weighted by atomic mass is 10.2. The van der Waals surface area contributed by atoms with Crippen LogP contribution in [0.1, 0.15) is 40.4 Å². The molecule has 18 heavy (non-hydrogen) atoms. The van der Waals surface area contributed by atoms with E-state index >= 15 is 0 Å². The first kappa shape index (κ1) is 13.9. The van der Waals surface area contributed by atoms with E-state index in [0.29, 0.717) is 0 Å². The van der Waals surface area contributed by atoms with Crippen molar-refractivity contribution in [3.05, 3.63) is 21.9 Å². The van der Waals surface area contributed by atoms with E-state index in [-0.39, 0.29) is 12.0 Å². The van der Waals surface area contributed by atoms with Gasteiger partial charge in [0.15, 0.2) is 0 Å². The van der Waals surface area contributed by atoms with E-state index in [4.69, 9.17) is 4.74 Å². The molecule has 100 valence electrons. The smallest absolute Gasteiger partial charge is 0.261 e. The van der Waals surface area contributed by atoms with Crippen molar-refractivity contribution in [3.63, 3.8) is 0 Å². The second-order valence-corrected chi connectivity index (χ2v) is 6.67. The maximum Gasteiger partial charge on any atom is 0.261 e. The Morgan fingerprint density at radius 2 is 2.50 bits per heavy atom. The highest BCUT2D eigenvalue weighted by atomic mass is 32.2. The highest BCUT2D eigenvalue weighted by molar-refractivity contribution is 7.99. The van der Waals surface area contributed by atoms with Gasteiger partial charge in [0.25, 0.3) is 5.91 Å². The van der Waals surface area contributed by atoms with Gasteiger partial charge < -0.3 is 10.1 Å². The van der Waals surface area contributed by atoms with Gasteiger partial charge in [-0.15, -0.1) is 11.3 Å². The average Bonchev–Trinajstić information content (AvgIpc) is 3.03. The molecule has 1 aliphatic rings. The lowest BCUT2D eigenvalue weighted by Gasteiger charge is -2.05. The molecule has 0 saturated carbocycles. The highest BCUT2D eigenvalue weighted by Gasteiger charge is 2.20. The lowest BCUT2D eigenvalue weighted by molar-refractivity contribution is 0.0960. The monoisotopic (exact) mass is 285 g/mol. The van der Waals surface area contributed by atoms with Crippen LogP contribution in [0.25, 0.3) is 0 Å². The molecular weight excluding hydrogens is 266 g/mol. The zero-order chi connectivity index (χ0) is 12.8. The molecule has 1 aliphatic heterocycles. The molecule has 2 rings (SSSR count). The predicted molar refractivity (Wildman–Crippen MR) is 77.6 cm³/mol. The lowest BCUT2D eigenvalue weighted by Crippen LogP contribution is -2.24. The fourth-order valence-electron chi connectivity index (χ4n) is 1.92. The number of thioether (sulfide) groups is 1. The molecule has 2 heterocycles. The van der Waals surface area contributed by atoms with Crippen LogP contribution in [0.4, 0.5) is 0 Å². The van der Waals surface area contributed by atoms with E-state index in [1.165, 1.54) is 4.88 Å². The molecule has 0 radical (unpaired) electrons. The first-order chi connectivity index (χ1) is 8.81. The first-order valence-electron chi connectivity index (χ1n) is 6.38. The summed E-state index contributed by atoms with van der Waals surface area (Å²) in [6, 6.07) is 3.93. The van der Waals surface area contributed by atoms with Crippen LogP contribution in [0.5, 0.6) is 0 Å². The van der Waals surface area contributed by atoms with Gasteiger partial charge >= 0.3 is 0 Å². The molecule has 3 nitrogen and oxygen atoms in total. The third-order valence-electron chi connectivity index (χ3n) is 2.83. The third kappa shape index (κ3) is 3.73. The minimum absolute atomic E-state index is 0.0425. The van der Waals surface area contributed by atoms with Gasteiger partial charge in [0, 0.05) is 23.8 Å². The summed E-state index contributed by atoms with van der Waals surface area (Å²) in [5.41, 5.74) is 0. The summed E-state index contributed by atoms with van der Waals surface area (Å²) in [5.74, 6) is 2.12. The molecule has 1 atom stereocenters. The molecule has 0 aromatic carbocycles. The molecule has 1 fully saturated rings. The molecule has 0 spiro atoms. The number of ether oxygens (including phenoxy) is 1. The molecule has 1 amide bonds. The summed E-state index contributed by atoms with van der Waals surface area (Å²) in [4.78, 5) is 13.9. The molecule has 0 unspecified atom stereocenters. The van der Waals surface area contributed by atoms with Crippen molar-refractivity contribution in [1.29, 1.82) is 0 Å². The van der Waals surface area contributed by atoms with Crippen LogP contribution in [0.2, 0.25) is 0 Å². The van der Waals surface area contributed by atoms with E-state index in [2.05, 4.69) is 12.2 Å². The van der Waals surface area contributed by atoms with Gasteiger partial charge in [0.2, 0.25) is 0 Å². The fourth-order valence-corrected chi connectivity index (χ4v) is 3.46. The number of hydrogen-bond donors (Lipinski definition) is 1. The van der Waals surface area contributed by atoms with Gasteiger partial charge in [0.1, 0.15) is 0 Å². The van der Waals surface area contributed by atoms with Crippen LogP contribution in [0.15, 0.2) is 12.1 Å². The van der Waals surface area contributed by atoms with E-state index in [9.17, 15) is 4.79 Å². The van der Waals surface area contributed by atoms with Gasteiger partial charge in [-0.3, -0.25) is 4.79 Å². The minimum Gasteiger partial charge on any atom is -0.373 e. The second kappa shape index (κ2) is 7.16. The molecule has 0 aliphatic carbocycles.